The monoisotopic (exact) mass is 387 g/mol. The number of nitrogens with zero attached hydrogens (tertiary/aromatic N) is 2. The second-order valence-corrected chi connectivity index (χ2v) is 8.16. The van der Waals surface area contributed by atoms with Crippen LogP contribution in [0.5, 0.6) is 0 Å². The maximum atomic E-state index is 13.4. The van der Waals surface area contributed by atoms with Crippen LogP contribution >= 0.6 is 0 Å². The Hall–Kier alpha value is -3.08. The summed E-state index contributed by atoms with van der Waals surface area (Å²) in [6, 6.07) is 16.4. The van der Waals surface area contributed by atoms with Gasteiger partial charge >= 0.3 is 0 Å². The number of benzene rings is 2. The Kier molecular flexibility index (Phi) is 4.58. The molecule has 1 aliphatic heterocycles. The molecule has 5 nitrogen and oxygen atoms in total. The number of piperidine rings is 1. The average Bonchev–Trinajstić information content (AvgIpc) is 3.47. The van der Waals surface area contributed by atoms with Crippen molar-refractivity contribution in [3.8, 4) is 0 Å². The van der Waals surface area contributed by atoms with Gasteiger partial charge in [-0.25, -0.2) is 0 Å². The number of likely N-dealkylation sites (tertiary alicyclic amines) is 1. The summed E-state index contributed by atoms with van der Waals surface area (Å²) in [5.74, 6) is 0.134. The molecule has 0 spiro atoms. The van der Waals surface area contributed by atoms with Crippen LogP contribution in [0.2, 0.25) is 0 Å². The highest BCUT2D eigenvalue weighted by Gasteiger charge is 2.31. The van der Waals surface area contributed by atoms with E-state index in [1.807, 2.05) is 53.4 Å². The van der Waals surface area contributed by atoms with Crippen LogP contribution in [-0.2, 0) is 4.79 Å². The Morgan fingerprint density at radius 2 is 1.52 bits per heavy atom. The molecule has 5 heteroatoms. The third-order valence-electron chi connectivity index (χ3n) is 6.12. The zero-order valence-electron chi connectivity index (χ0n) is 16.4. The van der Waals surface area contributed by atoms with Crippen LogP contribution in [0.3, 0.4) is 0 Å². The Morgan fingerprint density at radius 3 is 2.17 bits per heavy atom. The summed E-state index contributed by atoms with van der Waals surface area (Å²) in [4.78, 5) is 27.7. The summed E-state index contributed by atoms with van der Waals surface area (Å²) in [7, 11) is 0. The molecule has 29 heavy (non-hydrogen) atoms. The van der Waals surface area contributed by atoms with E-state index in [0.29, 0.717) is 17.3 Å². The van der Waals surface area contributed by atoms with Gasteiger partial charge in [0, 0.05) is 37.4 Å². The van der Waals surface area contributed by atoms with E-state index in [4.69, 9.17) is 0 Å². The highest BCUT2D eigenvalue weighted by Crippen LogP contribution is 2.33. The van der Waals surface area contributed by atoms with E-state index in [1.54, 1.807) is 0 Å². The van der Waals surface area contributed by atoms with Gasteiger partial charge in [0.15, 0.2) is 0 Å². The molecule has 3 aromatic rings. The minimum atomic E-state index is 0.00723. The van der Waals surface area contributed by atoms with Crippen molar-refractivity contribution in [3.05, 3.63) is 66.5 Å². The lowest BCUT2D eigenvalue weighted by Gasteiger charge is -2.33. The molecule has 2 amide bonds. The number of carbonyl (C=O) groups excluding carboxylic acids is 2. The van der Waals surface area contributed by atoms with Crippen molar-refractivity contribution in [2.24, 2.45) is 5.92 Å². The van der Waals surface area contributed by atoms with Gasteiger partial charge in [0.2, 0.25) is 5.91 Å². The van der Waals surface area contributed by atoms with Crippen molar-refractivity contribution >= 4 is 28.3 Å². The predicted octanol–water partition coefficient (Wildman–Crippen LogP) is 4.47. The van der Waals surface area contributed by atoms with Crippen molar-refractivity contribution in [2.45, 2.75) is 31.7 Å². The maximum absolute atomic E-state index is 13.4. The number of anilines is 1. The van der Waals surface area contributed by atoms with Gasteiger partial charge in [-0.05, 0) is 60.7 Å². The number of nitrogens with one attached hydrogen (secondary N) is 1. The van der Waals surface area contributed by atoms with Crippen LogP contribution in [0, 0.1) is 5.92 Å². The van der Waals surface area contributed by atoms with Crippen LogP contribution in [0.4, 0.5) is 5.69 Å². The second kappa shape index (κ2) is 7.39. The fourth-order valence-electron chi connectivity index (χ4n) is 4.23. The molecule has 1 saturated carbocycles. The number of aromatic nitrogens is 1. The van der Waals surface area contributed by atoms with E-state index >= 15 is 0 Å². The smallest absolute Gasteiger partial charge is 0.255 e. The van der Waals surface area contributed by atoms with Crippen molar-refractivity contribution in [1.29, 1.82) is 0 Å². The number of hydrogen-bond donors (Lipinski definition) is 1. The molecule has 1 aliphatic carbocycles. The Morgan fingerprint density at radius 1 is 0.862 bits per heavy atom. The number of fused-ring (bicyclic) bond motifs is 1. The van der Waals surface area contributed by atoms with E-state index in [0.717, 1.165) is 49.5 Å². The van der Waals surface area contributed by atoms with Crippen LogP contribution in [0.25, 0.3) is 10.8 Å². The van der Waals surface area contributed by atoms with Gasteiger partial charge in [0.25, 0.3) is 5.91 Å². The molecule has 2 fully saturated rings. The molecule has 0 atom stereocenters. The SMILES string of the molecule is O=C(Nc1cc2ccccc2cc1C(=O)N1CCC(n2cccc2)CC1)C1CC1. The van der Waals surface area contributed by atoms with E-state index in [-0.39, 0.29) is 17.7 Å². The summed E-state index contributed by atoms with van der Waals surface area (Å²) in [5, 5.41) is 5.07. The van der Waals surface area contributed by atoms with Gasteiger partial charge in [-0.2, -0.15) is 0 Å². The van der Waals surface area contributed by atoms with Crippen molar-refractivity contribution in [2.75, 3.05) is 18.4 Å². The van der Waals surface area contributed by atoms with Gasteiger partial charge in [-0.1, -0.05) is 24.3 Å². The van der Waals surface area contributed by atoms with E-state index in [2.05, 4.69) is 22.3 Å². The minimum absolute atomic E-state index is 0.00723. The minimum Gasteiger partial charge on any atom is -0.351 e. The zero-order chi connectivity index (χ0) is 19.8. The van der Waals surface area contributed by atoms with Crippen LogP contribution in [-0.4, -0.2) is 34.4 Å². The predicted molar refractivity (Wildman–Crippen MR) is 114 cm³/mol. The summed E-state index contributed by atoms with van der Waals surface area (Å²) >= 11 is 0. The van der Waals surface area contributed by atoms with Crippen LogP contribution in [0.1, 0.15) is 42.1 Å². The average molecular weight is 387 g/mol. The lowest BCUT2D eigenvalue weighted by atomic mass is 10.0. The zero-order valence-corrected chi connectivity index (χ0v) is 16.4. The lowest BCUT2D eigenvalue weighted by Crippen LogP contribution is -2.39. The van der Waals surface area contributed by atoms with Crippen LogP contribution in [0.15, 0.2) is 60.9 Å². The Balaban J connectivity index is 1.40. The molecule has 5 rings (SSSR count). The highest BCUT2D eigenvalue weighted by atomic mass is 16.2. The number of carbonyl (C=O) groups is 2. The van der Waals surface area contributed by atoms with Gasteiger partial charge < -0.3 is 14.8 Å². The van der Waals surface area contributed by atoms with E-state index in [9.17, 15) is 9.59 Å². The maximum Gasteiger partial charge on any atom is 0.255 e. The highest BCUT2D eigenvalue weighted by molar-refractivity contribution is 6.08. The first kappa shape index (κ1) is 18.0. The third kappa shape index (κ3) is 3.65. The summed E-state index contributed by atoms with van der Waals surface area (Å²) in [5.41, 5.74) is 1.23. The molecule has 0 bridgehead atoms. The Bertz CT molecular complexity index is 1050. The summed E-state index contributed by atoms with van der Waals surface area (Å²) in [6.07, 6.45) is 7.95. The molecule has 0 unspecified atom stereocenters. The number of amides is 2. The number of rotatable bonds is 4. The van der Waals surface area contributed by atoms with E-state index < -0.39 is 0 Å². The third-order valence-corrected chi connectivity index (χ3v) is 6.12. The van der Waals surface area contributed by atoms with Gasteiger partial charge in [-0.3, -0.25) is 9.59 Å². The lowest BCUT2D eigenvalue weighted by molar-refractivity contribution is -0.117. The standard InChI is InChI=1S/C24H25N3O2/c28-23(17-7-8-17)25-22-16-19-6-2-1-5-18(19)15-21(22)24(29)27-13-9-20(10-14-27)26-11-3-4-12-26/h1-6,11-12,15-17,20H,7-10,13-14H2,(H,25,28). The largest absolute Gasteiger partial charge is 0.351 e. The van der Waals surface area contributed by atoms with Crippen molar-refractivity contribution < 1.29 is 9.59 Å². The fraction of sp³-hybridized carbons (Fsp3) is 0.333. The topological polar surface area (TPSA) is 54.3 Å². The van der Waals surface area contributed by atoms with Crippen LogP contribution < -0.4 is 5.32 Å². The summed E-state index contributed by atoms with van der Waals surface area (Å²) < 4.78 is 2.24. The van der Waals surface area contributed by atoms with Gasteiger partial charge in [0.05, 0.1) is 11.3 Å². The number of hydrogen-bond acceptors (Lipinski definition) is 2. The molecule has 2 aromatic carbocycles. The van der Waals surface area contributed by atoms with Gasteiger partial charge in [-0.15, -0.1) is 0 Å². The summed E-state index contributed by atoms with van der Waals surface area (Å²) in [6.45, 7) is 1.45. The molecule has 1 aromatic heterocycles. The molecule has 1 N–H and O–H groups in total. The molecule has 2 aliphatic rings. The molecular weight excluding hydrogens is 362 g/mol. The normalized spacial score (nSPS) is 17.4. The van der Waals surface area contributed by atoms with Gasteiger partial charge in [0.1, 0.15) is 0 Å². The first-order chi connectivity index (χ1) is 14.2. The van der Waals surface area contributed by atoms with E-state index in [1.165, 1.54) is 0 Å². The second-order valence-electron chi connectivity index (χ2n) is 8.16. The molecule has 0 radical (unpaired) electrons. The fourth-order valence-corrected chi connectivity index (χ4v) is 4.23. The van der Waals surface area contributed by atoms with Crippen molar-refractivity contribution in [3.63, 3.8) is 0 Å². The first-order valence-corrected chi connectivity index (χ1v) is 10.4. The first-order valence-electron chi connectivity index (χ1n) is 10.4. The van der Waals surface area contributed by atoms with Crippen molar-refractivity contribution in [1.82, 2.24) is 9.47 Å². The molecule has 2 heterocycles. The molecule has 1 saturated heterocycles. The quantitative estimate of drug-likeness (QED) is 0.718. The molecular formula is C24H25N3O2. The Labute approximate surface area is 170 Å². The molecule has 148 valence electrons.